The van der Waals surface area contributed by atoms with E-state index >= 15 is 0 Å². The van der Waals surface area contributed by atoms with Crippen molar-refractivity contribution in [2.75, 3.05) is 13.2 Å². The molecule has 1 unspecified atom stereocenters. The molecule has 0 aromatic heterocycles. The largest absolute Gasteiger partial charge is 0.462 e. The van der Waals surface area contributed by atoms with Crippen molar-refractivity contribution < 1.29 is 28.6 Å². The van der Waals surface area contributed by atoms with Crippen molar-refractivity contribution in [2.45, 2.75) is 245 Å². The van der Waals surface area contributed by atoms with Gasteiger partial charge in [-0.3, -0.25) is 14.4 Å². The summed E-state index contributed by atoms with van der Waals surface area (Å²) in [5.74, 6) is -0.934. The van der Waals surface area contributed by atoms with Gasteiger partial charge >= 0.3 is 17.9 Å². The van der Waals surface area contributed by atoms with Crippen molar-refractivity contribution in [3.63, 3.8) is 0 Å². The Bertz CT molecular complexity index is 1160. The van der Waals surface area contributed by atoms with Crippen LogP contribution in [0.25, 0.3) is 0 Å². The summed E-state index contributed by atoms with van der Waals surface area (Å²) in [7, 11) is 0. The zero-order valence-corrected chi connectivity index (χ0v) is 39.9. The molecule has 0 N–H and O–H groups in total. The van der Waals surface area contributed by atoms with Gasteiger partial charge in [0.25, 0.3) is 0 Å². The van der Waals surface area contributed by atoms with Gasteiger partial charge in [-0.25, -0.2) is 0 Å². The zero-order chi connectivity index (χ0) is 44.4. The van der Waals surface area contributed by atoms with Crippen molar-refractivity contribution in [3.8, 4) is 0 Å². The number of esters is 3. The number of rotatable bonds is 45. The normalized spacial score (nSPS) is 12.6. The molecule has 0 radical (unpaired) electrons. The fourth-order valence-electron chi connectivity index (χ4n) is 6.97. The minimum absolute atomic E-state index is 0.0911. The highest BCUT2D eigenvalue weighted by molar-refractivity contribution is 5.71. The molecule has 0 amide bonds. The molecule has 6 heteroatoms. The summed E-state index contributed by atoms with van der Waals surface area (Å²) in [6.45, 7) is 6.43. The van der Waals surface area contributed by atoms with Crippen molar-refractivity contribution in [3.05, 3.63) is 72.9 Å². The van der Waals surface area contributed by atoms with Crippen LogP contribution in [0.15, 0.2) is 72.9 Å². The first-order valence-corrected chi connectivity index (χ1v) is 25.5. The van der Waals surface area contributed by atoms with Crippen molar-refractivity contribution in [1.82, 2.24) is 0 Å². The molecule has 61 heavy (non-hydrogen) atoms. The Labute approximate surface area is 376 Å². The highest BCUT2D eigenvalue weighted by atomic mass is 16.6. The van der Waals surface area contributed by atoms with Gasteiger partial charge in [-0.05, 0) is 64.2 Å². The van der Waals surface area contributed by atoms with Crippen molar-refractivity contribution >= 4 is 17.9 Å². The Morgan fingerprint density at radius 1 is 0.344 bits per heavy atom. The van der Waals surface area contributed by atoms with Crippen LogP contribution in [0.1, 0.15) is 239 Å². The van der Waals surface area contributed by atoms with E-state index in [1.54, 1.807) is 0 Å². The van der Waals surface area contributed by atoms with Crippen LogP contribution in [-0.2, 0) is 28.6 Å². The average Bonchev–Trinajstić information content (AvgIpc) is 3.26. The summed E-state index contributed by atoms with van der Waals surface area (Å²) < 4.78 is 16.7. The number of unbranched alkanes of at least 4 members (excludes halogenated alkanes) is 26. The standard InChI is InChI=1S/C55H94O6/c1-4-7-10-13-16-19-22-24-25-26-27-28-29-31-33-36-39-42-45-48-54(57)60-51-52(50-59-53(56)47-44-41-38-35-32-21-18-15-12-9-6-3)61-55(58)49-46-43-40-37-34-30-23-20-17-14-11-8-5-2/h8,11,14,16-17,19-20,22-24,30,34,52H,4-7,9-10,12-13,15,18,21,25-29,31-33,35-51H2,1-3H3/b11-8-,17-14-,19-16-,23-20-,24-22-,34-30-. The molecule has 6 nitrogen and oxygen atoms in total. The average molecular weight is 851 g/mol. The summed E-state index contributed by atoms with van der Waals surface area (Å²) >= 11 is 0. The van der Waals surface area contributed by atoms with Crippen LogP contribution >= 0.6 is 0 Å². The van der Waals surface area contributed by atoms with Gasteiger partial charge in [-0.1, -0.05) is 229 Å². The van der Waals surface area contributed by atoms with Crippen LogP contribution < -0.4 is 0 Å². The highest BCUT2D eigenvalue weighted by Gasteiger charge is 2.19. The molecule has 0 bridgehead atoms. The minimum atomic E-state index is -0.794. The Morgan fingerprint density at radius 2 is 0.639 bits per heavy atom. The monoisotopic (exact) mass is 851 g/mol. The van der Waals surface area contributed by atoms with E-state index in [4.69, 9.17) is 14.2 Å². The molecule has 0 aliphatic rings. The van der Waals surface area contributed by atoms with E-state index in [0.29, 0.717) is 12.8 Å². The van der Waals surface area contributed by atoms with Crippen LogP contribution in [0.2, 0.25) is 0 Å². The molecule has 0 aromatic rings. The van der Waals surface area contributed by atoms with Gasteiger partial charge in [0, 0.05) is 19.3 Å². The van der Waals surface area contributed by atoms with Gasteiger partial charge in [-0.2, -0.15) is 0 Å². The second kappa shape index (κ2) is 49.5. The number of ether oxygens (including phenoxy) is 3. The van der Waals surface area contributed by atoms with Crippen LogP contribution in [-0.4, -0.2) is 37.2 Å². The highest BCUT2D eigenvalue weighted by Crippen LogP contribution is 2.15. The first-order chi connectivity index (χ1) is 30.0. The molecule has 0 aromatic carbocycles. The Hall–Kier alpha value is -3.15. The minimum Gasteiger partial charge on any atom is -0.462 e. The molecule has 1 atom stereocenters. The summed E-state index contributed by atoms with van der Waals surface area (Å²) in [5, 5.41) is 0. The Morgan fingerprint density at radius 3 is 1.07 bits per heavy atom. The van der Waals surface area contributed by atoms with Gasteiger partial charge in [0.1, 0.15) is 13.2 Å². The Kier molecular flexibility index (Phi) is 46.9. The predicted molar refractivity (Wildman–Crippen MR) is 261 cm³/mol. The van der Waals surface area contributed by atoms with E-state index in [1.165, 1.54) is 128 Å². The molecule has 0 saturated heterocycles. The number of hydrogen-bond donors (Lipinski definition) is 0. The maximum Gasteiger partial charge on any atom is 0.306 e. The van der Waals surface area contributed by atoms with Gasteiger partial charge < -0.3 is 14.2 Å². The number of allylic oxidation sites excluding steroid dienone is 12. The third-order valence-corrected chi connectivity index (χ3v) is 10.8. The van der Waals surface area contributed by atoms with E-state index < -0.39 is 6.10 Å². The second-order valence-corrected chi connectivity index (χ2v) is 16.8. The number of hydrogen-bond acceptors (Lipinski definition) is 6. The predicted octanol–water partition coefficient (Wildman–Crippen LogP) is 16.6. The summed E-state index contributed by atoms with van der Waals surface area (Å²) in [6.07, 6.45) is 61.7. The molecule has 0 fully saturated rings. The lowest BCUT2D eigenvalue weighted by Crippen LogP contribution is -2.30. The molecule has 0 aliphatic carbocycles. The lowest BCUT2D eigenvalue weighted by Gasteiger charge is -2.18. The van der Waals surface area contributed by atoms with E-state index in [1.807, 2.05) is 36.5 Å². The van der Waals surface area contributed by atoms with E-state index in [2.05, 4.69) is 57.2 Å². The van der Waals surface area contributed by atoms with Crippen molar-refractivity contribution in [1.29, 1.82) is 0 Å². The smallest absolute Gasteiger partial charge is 0.306 e. The zero-order valence-electron chi connectivity index (χ0n) is 39.9. The number of carbonyl (C=O) groups is 3. The van der Waals surface area contributed by atoms with Gasteiger partial charge in [0.05, 0.1) is 0 Å². The van der Waals surface area contributed by atoms with Crippen LogP contribution in [0.4, 0.5) is 0 Å². The molecule has 350 valence electrons. The maximum absolute atomic E-state index is 12.7. The molecular weight excluding hydrogens is 757 g/mol. The molecule has 0 rings (SSSR count). The molecule has 0 heterocycles. The van der Waals surface area contributed by atoms with E-state index in [9.17, 15) is 14.4 Å². The summed E-state index contributed by atoms with van der Waals surface area (Å²) in [4.78, 5) is 37.9. The molecule has 0 aliphatic heterocycles. The first-order valence-electron chi connectivity index (χ1n) is 25.5. The lowest BCUT2D eigenvalue weighted by atomic mass is 10.1. The summed E-state index contributed by atoms with van der Waals surface area (Å²) in [5.41, 5.74) is 0. The first kappa shape index (κ1) is 57.9. The van der Waals surface area contributed by atoms with E-state index in [0.717, 1.165) is 70.6 Å². The molecule has 0 saturated carbocycles. The maximum atomic E-state index is 12.7. The van der Waals surface area contributed by atoms with Gasteiger partial charge in [0.2, 0.25) is 0 Å². The summed E-state index contributed by atoms with van der Waals surface area (Å²) in [6, 6.07) is 0. The van der Waals surface area contributed by atoms with Gasteiger partial charge in [0.15, 0.2) is 6.10 Å². The molecular formula is C55H94O6. The quantitative estimate of drug-likeness (QED) is 0.0263. The molecule has 0 spiro atoms. The third kappa shape index (κ3) is 47.7. The third-order valence-electron chi connectivity index (χ3n) is 10.8. The lowest BCUT2D eigenvalue weighted by molar-refractivity contribution is -0.167. The SMILES string of the molecule is CC\C=C/C=C\C=C/C=C\CCCCCC(=O)OC(COC(=O)CCCCCCCCCCCCC)COC(=O)CCCCCCCCCCCC/C=C\C=C/CCCCC. The van der Waals surface area contributed by atoms with Crippen LogP contribution in [0.3, 0.4) is 0 Å². The number of carbonyl (C=O) groups excluding carboxylic acids is 3. The Balaban J connectivity index is 4.37. The van der Waals surface area contributed by atoms with E-state index in [-0.39, 0.29) is 37.5 Å². The van der Waals surface area contributed by atoms with Gasteiger partial charge in [-0.15, -0.1) is 0 Å². The fourth-order valence-corrected chi connectivity index (χ4v) is 6.97. The van der Waals surface area contributed by atoms with Crippen molar-refractivity contribution in [2.24, 2.45) is 0 Å². The van der Waals surface area contributed by atoms with Crippen LogP contribution in [0, 0.1) is 0 Å². The second-order valence-electron chi connectivity index (χ2n) is 16.8. The van der Waals surface area contributed by atoms with Crippen LogP contribution in [0.5, 0.6) is 0 Å². The topological polar surface area (TPSA) is 78.9 Å². The fraction of sp³-hybridized carbons (Fsp3) is 0.727.